The average molecular weight is 421 g/mol. The second-order valence-corrected chi connectivity index (χ2v) is 8.20. The minimum atomic E-state index is -4.32. The van der Waals surface area contributed by atoms with Crippen molar-refractivity contribution < 1.29 is 27.5 Å². The Bertz CT molecular complexity index is 895. The molecule has 1 fully saturated rings. The van der Waals surface area contributed by atoms with Crippen LogP contribution in [-0.4, -0.2) is 34.9 Å². The molecule has 2 aliphatic heterocycles. The van der Waals surface area contributed by atoms with Crippen LogP contribution in [0.2, 0.25) is 0 Å². The molecule has 0 bridgehead atoms. The number of halogens is 3. The summed E-state index contributed by atoms with van der Waals surface area (Å²) < 4.78 is 43.5. The molecule has 0 saturated carbocycles. The van der Waals surface area contributed by atoms with Crippen LogP contribution in [-0.2, 0) is 4.74 Å². The van der Waals surface area contributed by atoms with Crippen LogP contribution in [0.15, 0.2) is 53.4 Å². The molecule has 29 heavy (non-hydrogen) atoms. The molecule has 2 heterocycles. The predicted molar refractivity (Wildman–Crippen MR) is 102 cm³/mol. The van der Waals surface area contributed by atoms with Crippen molar-refractivity contribution in [3.63, 3.8) is 0 Å². The smallest absolute Gasteiger partial charge is 0.368 e. The molecule has 0 aliphatic carbocycles. The van der Waals surface area contributed by atoms with E-state index in [2.05, 4.69) is 0 Å². The maximum atomic E-state index is 12.5. The van der Waals surface area contributed by atoms with Crippen LogP contribution in [0.5, 0.6) is 0 Å². The van der Waals surface area contributed by atoms with Gasteiger partial charge in [0.2, 0.25) is 0 Å². The van der Waals surface area contributed by atoms with E-state index in [4.69, 9.17) is 4.74 Å². The molecular weight excluding hydrogens is 403 g/mol. The Morgan fingerprint density at radius 2 is 1.59 bits per heavy atom. The van der Waals surface area contributed by atoms with Crippen molar-refractivity contribution >= 4 is 23.6 Å². The van der Waals surface area contributed by atoms with Crippen molar-refractivity contribution in [1.82, 2.24) is 4.90 Å². The Morgan fingerprint density at radius 1 is 0.966 bits per heavy atom. The van der Waals surface area contributed by atoms with Gasteiger partial charge < -0.3 is 4.74 Å². The van der Waals surface area contributed by atoms with Gasteiger partial charge in [0.25, 0.3) is 11.8 Å². The summed E-state index contributed by atoms with van der Waals surface area (Å²) in [6.45, 7) is 0.171. The number of ether oxygens (including phenoxy) is 1. The zero-order valence-electron chi connectivity index (χ0n) is 15.3. The van der Waals surface area contributed by atoms with Crippen LogP contribution in [0, 0.1) is 0 Å². The normalized spacial score (nSPS) is 22.1. The SMILES string of the molecule is O=C1c2ccccc2C(=O)N1CC1CCCC(c2ccc(SC(F)(F)F)cc2)O1. The average Bonchev–Trinajstić information content (AvgIpc) is 2.93. The van der Waals surface area contributed by atoms with E-state index >= 15 is 0 Å². The summed E-state index contributed by atoms with van der Waals surface area (Å²) in [6.07, 6.45) is 1.72. The van der Waals surface area contributed by atoms with E-state index in [9.17, 15) is 22.8 Å². The summed E-state index contributed by atoms with van der Waals surface area (Å²) in [5.41, 5.74) is -2.71. The molecular formula is C21H18F3NO3S. The maximum absolute atomic E-state index is 12.5. The van der Waals surface area contributed by atoms with Gasteiger partial charge in [0.05, 0.1) is 29.9 Å². The van der Waals surface area contributed by atoms with E-state index in [1.54, 1.807) is 36.4 Å². The van der Waals surface area contributed by atoms with Crippen LogP contribution < -0.4 is 0 Å². The van der Waals surface area contributed by atoms with Gasteiger partial charge in [-0.05, 0) is 60.9 Å². The van der Waals surface area contributed by atoms with Gasteiger partial charge in [-0.25, -0.2) is 0 Å². The number of hydrogen-bond donors (Lipinski definition) is 0. The first-order valence-electron chi connectivity index (χ1n) is 9.28. The fourth-order valence-corrected chi connectivity index (χ4v) is 4.31. The fourth-order valence-electron chi connectivity index (χ4n) is 3.77. The zero-order valence-corrected chi connectivity index (χ0v) is 16.1. The molecule has 2 aromatic rings. The molecule has 2 unspecified atom stereocenters. The van der Waals surface area contributed by atoms with Gasteiger partial charge in [0.15, 0.2) is 0 Å². The summed E-state index contributed by atoms with van der Waals surface area (Å²) in [7, 11) is 0. The van der Waals surface area contributed by atoms with Gasteiger partial charge in [-0.3, -0.25) is 14.5 Å². The Balaban J connectivity index is 1.42. The van der Waals surface area contributed by atoms with Crippen LogP contribution in [0.3, 0.4) is 0 Å². The lowest BCUT2D eigenvalue weighted by molar-refractivity contribution is -0.0588. The first-order chi connectivity index (χ1) is 13.8. The van der Waals surface area contributed by atoms with Crippen molar-refractivity contribution in [2.45, 2.75) is 41.9 Å². The molecule has 0 aromatic heterocycles. The Kier molecular flexibility index (Phi) is 5.40. The molecule has 2 atom stereocenters. The van der Waals surface area contributed by atoms with E-state index in [0.717, 1.165) is 18.4 Å². The third-order valence-corrected chi connectivity index (χ3v) is 5.84. The van der Waals surface area contributed by atoms with Gasteiger partial charge in [0.1, 0.15) is 0 Å². The van der Waals surface area contributed by atoms with Crippen LogP contribution in [0.25, 0.3) is 0 Å². The van der Waals surface area contributed by atoms with Crippen molar-refractivity contribution in [1.29, 1.82) is 0 Å². The zero-order chi connectivity index (χ0) is 20.6. The molecule has 2 amide bonds. The summed E-state index contributed by atoms with van der Waals surface area (Å²) >= 11 is -0.150. The first kappa shape index (κ1) is 20.0. The Morgan fingerprint density at radius 3 is 2.17 bits per heavy atom. The van der Waals surface area contributed by atoms with E-state index in [0.29, 0.717) is 17.5 Å². The number of alkyl halides is 3. The molecule has 8 heteroatoms. The van der Waals surface area contributed by atoms with Crippen molar-refractivity contribution in [2.75, 3.05) is 6.54 Å². The summed E-state index contributed by atoms with van der Waals surface area (Å²) in [5.74, 6) is -0.630. The van der Waals surface area contributed by atoms with Crippen molar-refractivity contribution in [2.24, 2.45) is 0 Å². The van der Waals surface area contributed by atoms with Gasteiger partial charge in [-0.15, -0.1) is 0 Å². The minimum Gasteiger partial charge on any atom is -0.368 e. The van der Waals surface area contributed by atoms with Gasteiger partial charge in [-0.2, -0.15) is 13.2 Å². The summed E-state index contributed by atoms with van der Waals surface area (Å²) in [5, 5.41) is 0. The first-order valence-corrected chi connectivity index (χ1v) is 10.1. The minimum absolute atomic E-state index is 0.125. The van der Waals surface area contributed by atoms with Gasteiger partial charge >= 0.3 is 5.51 Å². The number of carbonyl (C=O) groups excluding carboxylic acids is 2. The number of hydrogen-bond acceptors (Lipinski definition) is 4. The lowest BCUT2D eigenvalue weighted by Gasteiger charge is -2.32. The van der Waals surface area contributed by atoms with Gasteiger partial charge in [-0.1, -0.05) is 24.3 Å². The number of nitrogens with zero attached hydrogens (tertiary/aromatic N) is 1. The molecule has 2 aliphatic rings. The molecule has 0 N–H and O–H groups in total. The lowest BCUT2D eigenvalue weighted by atomic mass is 9.98. The number of thioether (sulfide) groups is 1. The van der Waals surface area contributed by atoms with Crippen LogP contribution >= 0.6 is 11.8 Å². The number of benzene rings is 2. The summed E-state index contributed by atoms with van der Waals surface area (Å²) in [4.78, 5) is 26.4. The Hall–Kier alpha value is -2.32. The maximum Gasteiger partial charge on any atom is 0.446 e. The molecule has 2 aromatic carbocycles. The van der Waals surface area contributed by atoms with E-state index in [1.165, 1.54) is 17.0 Å². The van der Waals surface area contributed by atoms with E-state index in [1.807, 2.05) is 0 Å². The summed E-state index contributed by atoms with van der Waals surface area (Å²) in [6, 6.07) is 12.9. The predicted octanol–water partition coefficient (Wildman–Crippen LogP) is 5.20. The standard InChI is InChI=1S/C21H18F3NO3S/c22-21(23,24)29-15-10-8-13(9-11-15)18-7-3-4-14(28-18)12-25-19(26)16-5-1-2-6-17(16)20(25)27/h1-2,5-6,8-11,14,18H,3-4,7,12H2. The van der Waals surface area contributed by atoms with E-state index < -0.39 is 5.51 Å². The molecule has 1 saturated heterocycles. The highest BCUT2D eigenvalue weighted by molar-refractivity contribution is 8.00. The molecule has 152 valence electrons. The quantitative estimate of drug-likeness (QED) is 0.503. The number of fused-ring (bicyclic) bond motifs is 1. The largest absolute Gasteiger partial charge is 0.446 e. The molecule has 0 spiro atoms. The lowest BCUT2D eigenvalue weighted by Crippen LogP contribution is -2.39. The van der Waals surface area contributed by atoms with Crippen LogP contribution in [0.4, 0.5) is 13.2 Å². The fraction of sp³-hybridized carbons (Fsp3) is 0.333. The second kappa shape index (κ2) is 7.84. The molecule has 0 radical (unpaired) electrons. The highest BCUT2D eigenvalue weighted by Gasteiger charge is 2.37. The topological polar surface area (TPSA) is 46.6 Å². The highest BCUT2D eigenvalue weighted by atomic mass is 32.2. The van der Waals surface area contributed by atoms with Crippen LogP contribution in [0.1, 0.15) is 51.6 Å². The monoisotopic (exact) mass is 421 g/mol. The second-order valence-electron chi connectivity index (χ2n) is 7.06. The Labute approximate surface area is 170 Å². The van der Waals surface area contributed by atoms with Crippen molar-refractivity contribution in [3.8, 4) is 0 Å². The van der Waals surface area contributed by atoms with Crippen molar-refractivity contribution in [3.05, 3.63) is 65.2 Å². The number of imide groups is 1. The third-order valence-electron chi connectivity index (χ3n) is 5.10. The number of rotatable bonds is 4. The molecule has 4 rings (SSSR count). The van der Waals surface area contributed by atoms with Gasteiger partial charge in [0, 0.05) is 4.90 Å². The molecule has 4 nitrogen and oxygen atoms in total. The highest BCUT2D eigenvalue weighted by Crippen LogP contribution is 2.38. The van der Waals surface area contributed by atoms with E-state index in [-0.39, 0.29) is 47.2 Å². The number of carbonyl (C=O) groups is 2. The third kappa shape index (κ3) is 4.33. The number of amides is 2.